The molecule has 3 aromatic rings. The summed E-state index contributed by atoms with van der Waals surface area (Å²) in [4.78, 5) is 31.8. The number of nitrogens with zero attached hydrogens (tertiary/aromatic N) is 2. The number of benzene rings is 2. The van der Waals surface area contributed by atoms with Gasteiger partial charge in [0, 0.05) is 10.6 Å². The van der Waals surface area contributed by atoms with Crippen LogP contribution in [0.25, 0.3) is 6.08 Å². The normalized spacial score (nSPS) is 15.5. The standard InChI is InChI=1S/C26H25ClN2O5S/c1-5-33-19-10-7-16(8-11-19)23-22(25(31)34-6-2)15(3)28-26-29(23)24(30)21(35-26)14-17-13-18(27)9-12-20(17)32-4/h7-14,23H,5-6H2,1-4H3/b21-14-/t23-/m0/s1. The molecule has 7 nitrogen and oxygen atoms in total. The fourth-order valence-corrected chi connectivity index (χ4v) is 5.20. The van der Waals surface area contributed by atoms with E-state index in [1.807, 2.05) is 31.2 Å². The third-order valence-electron chi connectivity index (χ3n) is 5.50. The Labute approximate surface area is 211 Å². The van der Waals surface area contributed by atoms with Crippen molar-refractivity contribution in [3.8, 4) is 11.5 Å². The van der Waals surface area contributed by atoms with Crippen molar-refractivity contribution in [2.45, 2.75) is 26.8 Å². The van der Waals surface area contributed by atoms with Crippen LogP contribution < -0.4 is 24.4 Å². The van der Waals surface area contributed by atoms with Crippen LogP contribution in [0.1, 0.15) is 37.9 Å². The van der Waals surface area contributed by atoms with Gasteiger partial charge in [-0.05, 0) is 62.7 Å². The van der Waals surface area contributed by atoms with Crippen molar-refractivity contribution < 1.29 is 19.0 Å². The fraction of sp³-hybridized carbons (Fsp3) is 0.269. The first kappa shape index (κ1) is 24.8. The third kappa shape index (κ3) is 4.90. The van der Waals surface area contributed by atoms with E-state index in [9.17, 15) is 9.59 Å². The van der Waals surface area contributed by atoms with E-state index >= 15 is 0 Å². The minimum Gasteiger partial charge on any atom is -0.496 e. The number of methoxy groups -OCH3 is 1. The first-order chi connectivity index (χ1) is 16.9. The van der Waals surface area contributed by atoms with E-state index in [1.165, 1.54) is 11.3 Å². The SMILES string of the molecule is CCOC(=O)C1=C(C)N=c2s/c(=C\c3cc(Cl)ccc3OC)c(=O)n2[C@H]1c1ccc(OCC)cc1. The van der Waals surface area contributed by atoms with Gasteiger partial charge in [0.15, 0.2) is 4.80 Å². The van der Waals surface area contributed by atoms with Gasteiger partial charge in [-0.25, -0.2) is 9.79 Å². The molecule has 0 N–H and O–H groups in total. The molecule has 182 valence electrons. The number of hydrogen-bond acceptors (Lipinski definition) is 7. The zero-order valence-electron chi connectivity index (χ0n) is 19.8. The van der Waals surface area contributed by atoms with Crippen molar-refractivity contribution in [1.82, 2.24) is 4.57 Å². The lowest BCUT2D eigenvalue weighted by atomic mass is 9.96. The molecule has 0 amide bonds. The fourth-order valence-electron chi connectivity index (χ4n) is 3.98. The van der Waals surface area contributed by atoms with Crippen LogP contribution in [0.5, 0.6) is 11.5 Å². The Hall–Kier alpha value is -3.36. The van der Waals surface area contributed by atoms with Gasteiger partial charge < -0.3 is 14.2 Å². The Morgan fingerprint density at radius 1 is 1.17 bits per heavy atom. The van der Waals surface area contributed by atoms with Crippen LogP contribution in [0.15, 0.2) is 63.5 Å². The second kappa shape index (κ2) is 10.5. The first-order valence-corrected chi connectivity index (χ1v) is 12.3. The molecule has 4 rings (SSSR count). The van der Waals surface area contributed by atoms with Crippen molar-refractivity contribution in [1.29, 1.82) is 0 Å². The number of fused-ring (bicyclic) bond motifs is 1. The molecule has 0 saturated carbocycles. The highest BCUT2D eigenvalue weighted by molar-refractivity contribution is 7.07. The molecular weight excluding hydrogens is 488 g/mol. The number of ether oxygens (including phenoxy) is 3. The lowest BCUT2D eigenvalue weighted by Crippen LogP contribution is -2.39. The Bertz CT molecular complexity index is 1470. The monoisotopic (exact) mass is 512 g/mol. The molecule has 0 radical (unpaired) electrons. The zero-order chi connectivity index (χ0) is 25.1. The van der Waals surface area contributed by atoms with Crippen LogP contribution in [-0.2, 0) is 9.53 Å². The molecule has 9 heteroatoms. The maximum absolute atomic E-state index is 13.7. The van der Waals surface area contributed by atoms with Crippen LogP contribution in [0.4, 0.5) is 0 Å². The van der Waals surface area contributed by atoms with Crippen LogP contribution in [0.3, 0.4) is 0 Å². The number of allylic oxidation sites excluding steroid dienone is 1. The Balaban J connectivity index is 1.94. The lowest BCUT2D eigenvalue weighted by Gasteiger charge is -2.24. The van der Waals surface area contributed by atoms with Crippen LogP contribution >= 0.6 is 22.9 Å². The van der Waals surface area contributed by atoms with Crippen LogP contribution in [-0.4, -0.2) is 30.9 Å². The summed E-state index contributed by atoms with van der Waals surface area (Å²) in [5, 5.41) is 0.525. The number of thiazole rings is 1. The average molecular weight is 513 g/mol. The van der Waals surface area contributed by atoms with Crippen molar-refractivity contribution in [2.24, 2.45) is 4.99 Å². The first-order valence-electron chi connectivity index (χ1n) is 11.1. The molecular formula is C26H25ClN2O5S. The largest absolute Gasteiger partial charge is 0.496 e. The van der Waals surface area contributed by atoms with Gasteiger partial charge in [0.25, 0.3) is 5.56 Å². The minimum atomic E-state index is -0.690. The van der Waals surface area contributed by atoms with Crippen LogP contribution in [0, 0.1) is 0 Å². The molecule has 0 bridgehead atoms. The summed E-state index contributed by atoms with van der Waals surface area (Å²) >= 11 is 7.42. The highest BCUT2D eigenvalue weighted by Crippen LogP contribution is 2.31. The molecule has 35 heavy (non-hydrogen) atoms. The van der Waals surface area contributed by atoms with Gasteiger partial charge in [0.2, 0.25) is 0 Å². The van der Waals surface area contributed by atoms with Gasteiger partial charge in [-0.1, -0.05) is 35.1 Å². The molecule has 0 fully saturated rings. The second-order valence-electron chi connectivity index (χ2n) is 7.69. The van der Waals surface area contributed by atoms with Gasteiger partial charge in [0.05, 0.1) is 42.2 Å². The molecule has 2 heterocycles. The predicted octanol–water partition coefficient (Wildman–Crippen LogP) is 3.86. The molecule has 0 unspecified atom stereocenters. The Kier molecular flexibility index (Phi) is 7.42. The van der Waals surface area contributed by atoms with Crippen LogP contribution in [0.2, 0.25) is 5.02 Å². The lowest BCUT2D eigenvalue weighted by molar-refractivity contribution is -0.139. The molecule has 1 atom stereocenters. The van der Waals surface area contributed by atoms with E-state index in [1.54, 1.807) is 49.8 Å². The van der Waals surface area contributed by atoms with Gasteiger partial charge >= 0.3 is 5.97 Å². The maximum Gasteiger partial charge on any atom is 0.338 e. The van der Waals surface area contributed by atoms with E-state index in [0.717, 1.165) is 5.56 Å². The number of hydrogen-bond donors (Lipinski definition) is 0. The summed E-state index contributed by atoms with van der Waals surface area (Å²) in [6.07, 6.45) is 1.73. The van der Waals surface area contributed by atoms with Crippen molar-refractivity contribution in [3.63, 3.8) is 0 Å². The topological polar surface area (TPSA) is 79.1 Å². The number of halogens is 1. The summed E-state index contributed by atoms with van der Waals surface area (Å²) in [6.45, 7) is 6.16. The number of aromatic nitrogens is 1. The maximum atomic E-state index is 13.7. The molecule has 1 aromatic heterocycles. The van der Waals surface area contributed by atoms with E-state index in [4.69, 9.17) is 25.8 Å². The van der Waals surface area contributed by atoms with Gasteiger partial charge in [0.1, 0.15) is 11.5 Å². The minimum absolute atomic E-state index is 0.213. The Morgan fingerprint density at radius 2 is 1.91 bits per heavy atom. The quantitative estimate of drug-likeness (QED) is 0.449. The van der Waals surface area contributed by atoms with Crippen molar-refractivity contribution in [3.05, 3.63) is 89.6 Å². The molecule has 0 saturated heterocycles. The number of rotatable bonds is 7. The zero-order valence-corrected chi connectivity index (χ0v) is 21.4. The Morgan fingerprint density at radius 3 is 2.57 bits per heavy atom. The summed E-state index contributed by atoms with van der Waals surface area (Å²) in [7, 11) is 1.56. The smallest absolute Gasteiger partial charge is 0.338 e. The average Bonchev–Trinajstić information content (AvgIpc) is 3.13. The number of carbonyl (C=O) groups is 1. The predicted molar refractivity (Wildman–Crippen MR) is 136 cm³/mol. The van der Waals surface area contributed by atoms with Crippen molar-refractivity contribution >= 4 is 35.0 Å². The van der Waals surface area contributed by atoms with E-state index in [0.29, 0.717) is 49.3 Å². The second-order valence-corrected chi connectivity index (χ2v) is 9.14. The summed E-state index contributed by atoms with van der Waals surface area (Å²) in [5.41, 5.74) is 1.98. The molecule has 0 spiro atoms. The summed E-state index contributed by atoms with van der Waals surface area (Å²) < 4.78 is 18.3. The van der Waals surface area contributed by atoms with Gasteiger partial charge in [-0.3, -0.25) is 9.36 Å². The van der Waals surface area contributed by atoms with Gasteiger partial charge in [-0.2, -0.15) is 0 Å². The number of carbonyl (C=O) groups excluding carboxylic acids is 1. The van der Waals surface area contributed by atoms with Crippen molar-refractivity contribution in [2.75, 3.05) is 20.3 Å². The number of esters is 1. The molecule has 1 aliphatic heterocycles. The highest BCUT2D eigenvalue weighted by atomic mass is 35.5. The third-order valence-corrected chi connectivity index (χ3v) is 6.72. The summed E-state index contributed by atoms with van der Waals surface area (Å²) in [6, 6.07) is 11.9. The molecule has 0 aliphatic carbocycles. The van der Waals surface area contributed by atoms with E-state index in [-0.39, 0.29) is 12.2 Å². The molecule has 1 aliphatic rings. The van der Waals surface area contributed by atoms with E-state index in [2.05, 4.69) is 4.99 Å². The molecule has 2 aromatic carbocycles. The van der Waals surface area contributed by atoms with Gasteiger partial charge in [-0.15, -0.1) is 0 Å². The van der Waals surface area contributed by atoms with E-state index < -0.39 is 12.0 Å². The highest BCUT2D eigenvalue weighted by Gasteiger charge is 2.33. The summed E-state index contributed by atoms with van der Waals surface area (Å²) in [5.74, 6) is 0.792.